The molecule has 2 rings (SSSR count). The van der Waals surface area contributed by atoms with Gasteiger partial charge in [0.25, 0.3) is 0 Å². The van der Waals surface area contributed by atoms with Crippen LogP contribution < -0.4 is 10.6 Å². The van der Waals surface area contributed by atoms with E-state index in [0.717, 1.165) is 37.1 Å². The van der Waals surface area contributed by atoms with Gasteiger partial charge in [-0.15, -0.1) is 0 Å². The van der Waals surface area contributed by atoms with Crippen molar-refractivity contribution < 1.29 is 9.59 Å². The second-order valence-electron chi connectivity index (χ2n) is 6.18. The van der Waals surface area contributed by atoms with Gasteiger partial charge >= 0.3 is 0 Å². The number of rotatable bonds is 10. The van der Waals surface area contributed by atoms with Gasteiger partial charge in [-0.3, -0.25) is 9.59 Å². The Morgan fingerprint density at radius 2 is 1.58 bits per heavy atom. The average Bonchev–Trinajstić information content (AvgIpc) is 2.68. The molecule has 136 valence electrons. The van der Waals surface area contributed by atoms with Gasteiger partial charge in [-0.2, -0.15) is 0 Å². The lowest BCUT2D eigenvalue weighted by molar-refractivity contribution is -0.121. The van der Waals surface area contributed by atoms with Crippen LogP contribution in [0.2, 0.25) is 0 Å². The number of carbonyl (C=O) groups is 2. The van der Waals surface area contributed by atoms with E-state index in [-0.39, 0.29) is 11.8 Å². The lowest BCUT2D eigenvalue weighted by Gasteiger charge is -2.07. The third kappa shape index (κ3) is 7.34. The standard InChI is InChI=1S/C22H26N2O2/c1-2-21(25)24-20-14-11-19(12-15-20)13-16-22(26)23-17-7-6-10-18-8-4-3-5-9-18/h2-5,8-9,11-12,14-15H,1,6-7,10,13,16-17H2,(H,23,26)(H,24,25). The minimum Gasteiger partial charge on any atom is -0.356 e. The Balaban J connectivity index is 1.59. The Morgan fingerprint density at radius 1 is 0.885 bits per heavy atom. The van der Waals surface area contributed by atoms with Gasteiger partial charge in [-0.1, -0.05) is 49.0 Å². The molecule has 0 heterocycles. The highest BCUT2D eigenvalue weighted by Gasteiger charge is 2.03. The van der Waals surface area contributed by atoms with Crippen LogP contribution in [0.5, 0.6) is 0 Å². The van der Waals surface area contributed by atoms with Crippen molar-refractivity contribution in [3.05, 3.63) is 78.4 Å². The van der Waals surface area contributed by atoms with Crippen LogP contribution in [0.1, 0.15) is 30.4 Å². The van der Waals surface area contributed by atoms with Crippen molar-refractivity contribution in [3.63, 3.8) is 0 Å². The summed E-state index contributed by atoms with van der Waals surface area (Å²) in [5.41, 5.74) is 3.13. The fourth-order valence-electron chi connectivity index (χ4n) is 2.62. The lowest BCUT2D eigenvalue weighted by Crippen LogP contribution is -2.24. The molecule has 0 aromatic heterocycles. The van der Waals surface area contributed by atoms with E-state index in [1.54, 1.807) is 0 Å². The van der Waals surface area contributed by atoms with E-state index in [1.165, 1.54) is 11.6 Å². The molecule has 0 bridgehead atoms. The van der Waals surface area contributed by atoms with Crippen LogP contribution in [0.15, 0.2) is 67.3 Å². The van der Waals surface area contributed by atoms with E-state index in [9.17, 15) is 9.59 Å². The molecular formula is C22H26N2O2. The Kier molecular flexibility index (Phi) is 8.13. The Labute approximate surface area is 155 Å². The third-order valence-corrected chi connectivity index (χ3v) is 4.10. The monoisotopic (exact) mass is 350 g/mol. The number of unbranched alkanes of at least 4 members (excludes halogenated alkanes) is 1. The Morgan fingerprint density at radius 3 is 2.27 bits per heavy atom. The second-order valence-corrected chi connectivity index (χ2v) is 6.18. The fourth-order valence-corrected chi connectivity index (χ4v) is 2.62. The van der Waals surface area contributed by atoms with Gasteiger partial charge in [-0.05, 0) is 55.0 Å². The van der Waals surface area contributed by atoms with Gasteiger partial charge < -0.3 is 10.6 Å². The minimum atomic E-state index is -0.232. The fraction of sp³-hybridized carbons (Fsp3) is 0.273. The topological polar surface area (TPSA) is 58.2 Å². The first-order valence-corrected chi connectivity index (χ1v) is 9.00. The molecule has 0 atom stereocenters. The van der Waals surface area contributed by atoms with Gasteiger partial charge in [0.05, 0.1) is 0 Å². The van der Waals surface area contributed by atoms with Gasteiger partial charge in [-0.25, -0.2) is 0 Å². The molecule has 2 N–H and O–H groups in total. The SMILES string of the molecule is C=CC(=O)Nc1ccc(CCC(=O)NCCCCc2ccccc2)cc1. The van der Waals surface area contributed by atoms with Crippen LogP contribution in [0.4, 0.5) is 5.69 Å². The summed E-state index contributed by atoms with van der Waals surface area (Å²) >= 11 is 0. The molecule has 0 aliphatic rings. The molecule has 0 fully saturated rings. The third-order valence-electron chi connectivity index (χ3n) is 4.10. The summed E-state index contributed by atoms with van der Waals surface area (Å²) in [6.07, 6.45) is 5.49. The van der Waals surface area contributed by atoms with Crippen LogP contribution in [-0.2, 0) is 22.4 Å². The highest BCUT2D eigenvalue weighted by Crippen LogP contribution is 2.11. The van der Waals surface area contributed by atoms with Crippen LogP contribution in [0, 0.1) is 0 Å². The normalized spacial score (nSPS) is 10.2. The summed E-state index contributed by atoms with van der Waals surface area (Å²) in [6.45, 7) is 4.14. The van der Waals surface area contributed by atoms with Crippen LogP contribution in [0.25, 0.3) is 0 Å². The molecule has 0 radical (unpaired) electrons. The molecule has 0 saturated heterocycles. The van der Waals surface area contributed by atoms with Crippen molar-refractivity contribution in [3.8, 4) is 0 Å². The number of benzene rings is 2. The Hall–Kier alpha value is -2.88. The van der Waals surface area contributed by atoms with E-state index in [2.05, 4.69) is 41.5 Å². The van der Waals surface area contributed by atoms with Crippen molar-refractivity contribution in [1.29, 1.82) is 0 Å². The number of carbonyl (C=O) groups excluding carboxylic acids is 2. The van der Waals surface area contributed by atoms with Crippen molar-refractivity contribution >= 4 is 17.5 Å². The summed E-state index contributed by atoms with van der Waals surface area (Å²) in [7, 11) is 0. The largest absolute Gasteiger partial charge is 0.356 e. The minimum absolute atomic E-state index is 0.0775. The summed E-state index contributed by atoms with van der Waals surface area (Å²) in [5.74, 6) is -0.155. The Bertz CT molecular complexity index is 709. The molecule has 0 saturated carbocycles. The summed E-state index contributed by atoms with van der Waals surface area (Å²) in [5, 5.41) is 5.68. The molecule has 26 heavy (non-hydrogen) atoms. The first kappa shape index (κ1) is 19.4. The van der Waals surface area contributed by atoms with Crippen LogP contribution in [-0.4, -0.2) is 18.4 Å². The molecule has 0 spiro atoms. The zero-order valence-corrected chi connectivity index (χ0v) is 15.0. The van der Waals surface area contributed by atoms with E-state index >= 15 is 0 Å². The highest BCUT2D eigenvalue weighted by atomic mass is 16.2. The van der Waals surface area contributed by atoms with Crippen molar-refractivity contribution in [2.24, 2.45) is 0 Å². The van der Waals surface area contributed by atoms with Crippen LogP contribution >= 0.6 is 0 Å². The number of amides is 2. The molecule has 2 aromatic carbocycles. The molecule has 4 heteroatoms. The molecular weight excluding hydrogens is 324 g/mol. The summed E-state index contributed by atoms with van der Waals surface area (Å²) in [4.78, 5) is 23.1. The maximum atomic E-state index is 11.9. The average molecular weight is 350 g/mol. The van der Waals surface area contributed by atoms with Crippen molar-refractivity contribution in [2.45, 2.75) is 32.1 Å². The van der Waals surface area contributed by atoms with E-state index in [4.69, 9.17) is 0 Å². The predicted octanol–water partition coefficient (Wildman–Crippen LogP) is 3.88. The van der Waals surface area contributed by atoms with E-state index < -0.39 is 0 Å². The molecule has 0 aliphatic heterocycles. The molecule has 0 unspecified atom stereocenters. The first-order valence-electron chi connectivity index (χ1n) is 9.00. The lowest BCUT2D eigenvalue weighted by atomic mass is 10.1. The number of anilines is 1. The van der Waals surface area contributed by atoms with Crippen LogP contribution in [0.3, 0.4) is 0 Å². The summed E-state index contributed by atoms with van der Waals surface area (Å²) in [6, 6.07) is 17.9. The smallest absolute Gasteiger partial charge is 0.247 e. The van der Waals surface area contributed by atoms with Gasteiger partial charge in [0, 0.05) is 18.7 Å². The number of nitrogens with one attached hydrogen (secondary N) is 2. The molecule has 0 aliphatic carbocycles. The molecule has 2 amide bonds. The maximum Gasteiger partial charge on any atom is 0.247 e. The maximum absolute atomic E-state index is 11.9. The zero-order valence-electron chi connectivity index (χ0n) is 15.0. The molecule has 2 aromatic rings. The quantitative estimate of drug-likeness (QED) is 0.505. The van der Waals surface area contributed by atoms with Gasteiger partial charge in [0.2, 0.25) is 11.8 Å². The van der Waals surface area contributed by atoms with E-state index in [1.807, 2.05) is 30.3 Å². The van der Waals surface area contributed by atoms with Gasteiger partial charge in [0.15, 0.2) is 0 Å². The molecule has 4 nitrogen and oxygen atoms in total. The van der Waals surface area contributed by atoms with Gasteiger partial charge in [0.1, 0.15) is 0 Å². The van der Waals surface area contributed by atoms with Crippen molar-refractivity contribution in [2.75, 3.05) is 11.9 Å². The van der Waals surface area contributed by atoms with Crippen molar-refractivity contribution in [1.82, 2.24) is 5.32 Å². The number of hydrogen-bond donors (Lipinski definition) is 2. The second kappa shape index (κ2) is 10.9. The van der Waals surface area contributed by atoms with E-state index in [0.29, 0.717) is 12.8 Å². The first-order chi connectivity index (χ1) is 12.7. The predicted molar refractivity (Wildman–Crippen MR) is 106 cm³/mol. The highest BCUT2D eigenvalue weighted by molar-refractivity contribution is 5.98. The summed E-state index contributed by atoms with van der Waals surface area (Å²) < 4.78 is 0. The zero-order chi connectivity index (χ0) is 18.6. The number of hydrogen-bond acceptors (Lipinski definition) is 2. The number of aryl methyl sites for hydroxylation is 2.